The molecule has 0 bridgehead atoms. The zero-order chi connectivity index (χ0) is 11.5. The molecule has 0 aromatic carbocycles. The number of hydrogen-bond donors (Lipinski definition) is 3. The maximum Gasteiger partial charge on any atom is 0.377 e. The maximum atomic E-state index is 12.6. The molecule has 0 aromatic heterocycles. The summed E-state index contributed by atoms with van der Waals surface area (Å²) in [5, 5.41) is 20.0. The summed E-state index contributed by atoms with van der Waals surface area (Å²) in [7, 11) is 0. The number of carbonyl (C=O) groups is 1. The minimum atomic E-state index is -3.40. The second kappa shape index (κ2) is 4.82. The van der Waals surface area contributed by atoms with E-state index in [1.165, 1.54) is 0 Å². The summed E-state index contributed by atoms with van der Waals surface area (Å²) in [6, 6.07) is 0. The molecule has 0 saturated carbocycles. The summed E-state index contributed by atoms with van der Waals surface area (Å²) in [5.41, 5.74) is 0. The molecule has 0 spiro atoms. The lowest BCUT2D eigenvalue weighted by atomic mass is 10.2. The highest BCUT2D eigenvalue weighted by molar-refractivity contribution is 5.79. The summed E-state index contributed by atoms with van der Waals surface area (Å²) in [5.74, 6) is -4.90. The van der Waals surface area contributed by atoms with Gasteiger partial charge in [0.05, 0.1) is 19.1 Å². The Balaban J connectivity index is 2.22. The Morgan fingerprint density at radius 3 is 2.80 bits per heavy atom. The first kappa shape index (κ1) is 12.3. The van der Waals surface area contributed by atoms with E-state index < -0.39 is 37.1 Å². The maximum absolute atomic E-state index is 12.6. The van der Waals surface area contributed by atoms with Crippen molar-refractivity contribution in [1.82, 2.24) is 5.32 Å². The molecule has 15 heavy (non-hydrogen) atoms. The summed E-state index contributed by atoms with van der Waals surface area (Å²) >= 11 is 0. The molecule has 1 aliphatic rings. The first-order valence-corrected chi connectivity index (χ1v) is 4.54. The number of rotatable bonds is 5. The van der Waals surface area contributed by atoms with Crippen LogP contribution in [0.5, 0.6) is 0 Å². The van der Waals surface area contributed by atoms with Gasteiger partial charge < -0.3 is 20.3 Å². The van der Waals surface area contributed by atoms with Crippen LogP contribution in [-0.2, 0) is 9.53 Å². The van der Waals surface area contributed by atoms with Gasteiger partial charge in [-0.2, -0.15) is 8.78 Å². The lowest BCUT2D eigenvalue weighted by Gasteiger charge is -2.12. The highest BCUT2D eigenvalue weighted by Crippen LogP contribution is 2.30. The van der Waals surface area contributed by atoms with E-state index in [9.17, 15) is 13.6 Å². The van der Waals surface area contributed by atoms with Crippen molar-refractivity contribution >= 4 is 5.97 Å². The van der Waals surface area contributed by atoms with Gasteiger partial charge in [-0.15, -0.1) is 0 Å². The molecule has 0 aliphatic carbocycles. The predicted molar refractivity (Wildman–Crippen MR) is 45.4 cm³/mol. The average molecular weight is 225 g/mol. The van der Waals surface area contributed by atoms with Crippen LogP contribution in [0.2, 0.25) is 0 Å². The van der Waals surface area contributed by atoms with Crippen molar-refractivity contribution in [2.45, 2.75) is 24.6 Å². The number of nitrogens with one attached hydrogen (secondary N) is 1. The third-order valence-electron chi connectivity index (χ3n) is 2.02. The highest BCUT2D eigenvalue weighted by atomic mass is 19.3. The lowest BCUT2D eigenvalue weighted by Crippen LogP contribution is -2.34. The number of alkyl halides is 2. The van der Waals surface area contributed by atoms with E-state index in [0.29, 0.717) is 0 Å². The standard InChI is InChI=1S/C8H13F2NO4/c9-8(10)1-6(15-7(8)14)3-11-2-5(13)4-12/h5-6,11-13H,1-4H2. The number of hydrogen-bond acceptors (Lipinski definition) is 5. The van der Waals surface area contributed by atoms with Crippen molar-refractivity contribution in [2.75, 3.05) is 19.7 Å². The fourth-order valence-electron chi connectivity index (χ4n) is 1.24. The molecule has 0 radical (unpaired) electrons. The monoisotopic (exact) mass is 225 g/mol. The van der Waals surface area contributed by atoms with E-state index in [4.69, 9.17) is 10.2 Å². The van der Waals surface area contributed by atoms with Gasteiger partial charge in [0.2, 0.25) is 0 Å². The first-order chi connectivity index (χ1) is 6.95. The molecule has 7 heteroatoms. The normalized spacial score (nSPS) is 26.4. The number of esters is 1. The fraction of sp³-hybridized carbons (Fsp3) is 0.875. The molecule has 1 heterocycles. The van der Waals surface area contributed by atoms with Crippen LogP contribution in [0.25, 0.3) is 0 Å². The Hall–Kier alpha value is -0.790. The number of halogens is 2. The van der Waals surface area contributed by atoms with Crippen LogP contribution in [-0.4, -0.2) is 54.0 Å². The van der Waals surface area contributed by atoms with Crippen molar-refractivity contribution < 1.29 is 28.5 Å². The smallest absolute Gasteiger partial charge is 0.377 e. The van der Waals surface area contributed by atoms with Gasteiger partial charge in [-0.3, -0.25) is 0 Å². The molecule has 2 unspecified atom stereocenters. The molecular weight excluding hydrogens is 212 g/mol. The Labute approximate surface area is 85.0 Å². The van der Waals surface area contributed by atoms with E-state index >= 15 is 0 Å². The Morgan fingerprint density at radius 1 is 1.67 bits per heavy atom. The number of aliphatic hydroxyl groups excluding tert-OH is 2. The molecule has 1 fully saturated rings. The Bertz CT molecular complexity index is 237. The molecule has 0 aromatic rings. The number of cyclic esters (lactones) is 1. The zero-order valence-electron chi connectivity index (χ0n) is 7.95. The number of carbonyl (C=O) groups excluding carboxylic acids is 1. The number of ether oxygens (including phenoxy) is 1. The van der Waals surface area contributed by atoms with E-state index in [1.54, 1.807) is 0 Å². The first-order valence-electron chi connectivity index (χ1n) is 4.54. The number of aliphatic hydroxyl groups is 2. The van der Waals surface area contributed by atoms with Crippen LogP contribution < -0.4 is 5.32 Å². The van der Waals surface area contributed by atoms with Crippen molar-refractivity contribution in [1.29, 1.82) is 0 Å². The second-order valence-corrected chi connectivity index (χ2v) is 3.43. The topological polar surface area (TPSA) is 78.8 Å². The van der Waals surface area contributed by atoms with Gasteiger partial charge in [-0.05, 0) is 0 Å². The summed E-state index contributed by atoms with van der Waals surface area (Å²) < 4.78 is 29.7. The quantitative estimate of drug-likeness (QED) is 0.516. The van der Waals surface area contributed by atoms with E-state index in [-0.39, 0.29) is 13.1 Å². The minimum Gasteiger partial charge on any atom is -0.456 e. The molecule has 88 valence electrons. The Kier molecular flexibility index (Phi) is 3.95. The van der Waals surface area contributed by atoms with Crippen LogP contribution >= 0.6 is 0 Å². The van der Waals surface area contributed by atoms with Crippen molar-refractivity contribution in [3.05, 3.63) is 0 Å². The predicted octanol–water partition coefficient (Wildman–Crippen LogP) is -1.12. The van der Waals surface area contributed by atoms with Crippen molar-refractivity contribution in [3.63, 3.8) is 0 Å². The van der Waals surface area contributed by atoms with Gasteiger partial charge in [-0.25, -0.2) is 4.79 Å². The molecule has 2 atom stereocenters. The molecular formula is C8H13F2NO4. The van der Waals surface area contributed by atoms with E-state index in [1.807, 2.05) is 0 Å². The summed E-state index contributed by atoms with van der Waals surface area (Å²) in [4.78, 5) is 10.6. The third kappa shape index (κ3) is 3.37. The third-order valence-corrected chi connectivity index (χ3v) is 2.02. The SMILES string of the molecule is O=C1OC(CNCC(O)CO)CC1(F)F. The fourth-order valence-corrected chi connectivity index (χ4v) is 1.24. The van der Waals surface area contributed by atoms with Gasteiger partial charge in [0.1, 0.15) is 6.10 Å². The second-order valence-electron chi connectivity index (χ2n) is 3.43. The van der Waals surface area contributed by atoms with Crippen molar-refractivity contribution in [3.8, 4) is 0 Å². The van der Waals surface area contributed by atoms with Crippen LogP contribution in [0.1, 0.15) is 6.42 Å². The molecule has 1 saturated heterocycles. The van der Waals surface area contributed by atoms with Gasteiger partial charge in [0.15, 0.2) is 0 Å². The average Bonchev–Trinajstić information content (AvgIpc) is 2.40. The molecule has 1 aliphatic heterocycles. The van der Waals surface area contributed by atoms with Crippen LogP contribution in [0, 0.1) is 0 Å². The van der Waals surface area contributed by atoms with Gasteiger partial charge in [-0.1, -0.05) is 0 Å². The highest BCUT2D eigenvalue weighted by Gasteiger charge is 2.50. The summed E-state index contributed by atoms with van der Waals surface area (Å²) in [6.07, 6.45) is -2.46. The van der Waals surface area contributed by atoms with Gasteiger partial charge >= 0.3 is 11.9 Å². The molecule has 0 amide bonds. The summed E-state index contributed by atoms with van der Waals surface area (Å²) in [6.45, 7) is -0.303. The Morgan fingerprint density at radius 2 is 2.33 bits per heavy atom. The largest absolute Gasteiger partial charge is 0.456 e. The van der Waals surface area contributed by atoms with E-state index in [0.717, 1.165) is 0 Å². The zero-order valence-corrected chi connectivity index (χ0v) is 7.95. The van der Waals surface area contributed by atoms with Crippen molar-refractivity contribution in [2.24, 2.45) is 0 Å². The van der Waals surface area contributed by atoms with Crippen LogP contribution in [0.3, 0.4) is 0 Å². The minimum absolute atomic E-state index is 0.0401. The van der Waals surface area contributed by atoms with Gasteiger partial charge in [0.25, 0.3) is 0 Å². The van der Waals surface area contributed by atoms with Crippen LogP contribution in [0.4, 0.5) is 8.78 Å². The molecule has 5 nitrogen and oxygen atoms in total. The molecule has 3 N–H and O–H groups in total. The van der Waals surface area contributed by atoms with Crippen LogP contribution in [0.15, 0.2) is 0 Å². The lowest BCUT2D eigenvalue weighted by molar-refractivity contribution is -0.159. The molecule has 1 rings (SSSR count). The van der Waals surface area contributed by atoms with Gasteiger partial charge in [0, 0.05) is 13.1 Å². The van der Waals surface area contributed by atoms with E-state index in [2.05, 4.69) is 10.1 Å².